The van der Waals surface area contributed by atoms with E-state index >= 15 is 0 Å². The molecule has 0 amide bonds. The van der Waals surface area contributed by atoms with E-state index in [1.165, 1.54) is 6.07 Å². The summed E-state index contributed by atoms with van der Waals surface area (Å²) in [7, 11) is 0. The summed E-state index contributed by atoms with van der Waals surface area (Å²) in [6.07, 6.45) is 1.24. The van der Waals surface area contributed by atoms with Crippen LogP contribution in [0.3, 0.4) is 0 Å². The quantitative estimate of drug-likeness (QED) is 0.923. The van der Waals surface area contributed by atoms with Crippen LogP contribution in [0.2, 0.25) is 0 Å². The second-order valence-electron chi connectivity index (χ2n) is 4.88. The Balaban J connectivity index is 2.21. The van der Waals surface area contributed by atoms with E-state index in [9.17, 15) is 18.8 Å². The van der Waals surface area contributed by atoms with Crippen LogP contribution in [-0.2, 0) is 4.79 Å². The molecule has 0 spiro atoms. The van der Waals surface area contributed by atoms with Crippen molar-refractivity contribution >= 4 is 5.97 Å². The number of hydrogen-bond donors (Lipinski definition) is 1. The SMILES string of the molecule is N#CC(c1ccc(F)c(F)c1)N1CCCC(C(=O)O)C1. The Morgan fingerprint density at radius 2 is 2.20 bits per heavy atom. The third-order valence-corrected chi connectivity index (χ3v) is 3.55. The Morgan fingerprint density at radius 1 is 1.45 bits per heavy atom. The van der Waals surface area contributed by atoms with E-state index in [-0.39, 0.29) is 6.54 Å². The Hall–Kier alpha value is -2.00. The number of halogens is 2. The predicted octanol–water partition coefficient (Wildman–Crippen LogP) is 2.33. The van der Waals surface area contributed by atoms with Gasteiger partial charge in [-0.1, -0.05) is 6.07 Å². The van der Waals surface area contributed by atoms with Gasteiger partial charge in [0, 0.05) is 6.54 Å². The zero-order valence-electron chi connectivity index (χ0n) is 10.7. The standard InChI is InChI=1S/C14H14F2N2O2/c15-11-4-3-9(6-12(11)16)13(7-17)18-5-1-2-10(8-18)14(19)20/h3-4,6,10,13H,1-2,5,8H2,(H,19,20). The van der Waals surface area contributed by atoms with Crippen molar-refractivity contribution in [3.05, 3.63) is 35.4 Å². The van der Waals surface area contributed by atoms with Crippen molar-refractivity contribution in [3.8, 4) is 6.07 Å². The Kier molecular flexibility index (Phi) is 4.30. The Bertz CT molecular complexity index is 557. The minimum Gasteiger partial charge on any atom is -0.481 e. The van der Waals surface area contributed by atoms with Crippen molar-refractivity contribution < 1.29 is 18.7 Å². The van der Waals surface area contributed by atoms with Gasteiger partial charge in [-0.3, -0.25) is 9.69 Å². The molecule has 1 aliphatic rings. The second-order valence-corrected chi connectivity index (χ2v) is 4.88. The number of rotatable bonds is 3. The topological polar surface area (TPSA) is 64.3 Å². The molecule has 20 heavy (non-hydrogen) atoms. The van der Waals surface area contributed by atoms with Gasteiger partial charge in [-0.25, -0.2) is 8.78 Å². The number of piperidine rings is 1. The number of benzene rings is 1. The highest BCUT2D eigenvalue weighted by Gasteiger charge is 2.30. The summed E-state index contributed by atoms with van der Waals surface area (Å²) < 4.78 is 26.2. The van der Waals surface area contributed by atoms with E-state index in [0.717, 1.165) is 12.1 Å². The first-order chi connectivity index (χ1) is 9.52. The normalized spacial score (nSPS) is 21.1. The Morgan fingerprint density at radius 3 is 2.80 bits per heavy atom. The molecule has 2 rings (SSSR count). The molecule has 1 aromatic rings. The van der Waals surface area contributed by atoms with Crippen molar-refractivity contribution in [2.24, 2.45) is 5.92 Å². The van der Waals surface area contributed by atoms with Gasteiger partial charge in [-0.15, -0.1) is 0 Å². The summed E-state index contributed by atoms with van der Waals surface area (Å²) >= 11 is 0. The van der Waals surface area contributed by atoms with Crippen LogP contribution < -0.4 is 0 Å². The lowest BCUT2D eigenvalue weighted by atomic mass is 9.95. The highest BCUT2D eigenvalue weighted by molar-refractivity contribution is 5.70. The summed E-state index contributed by atoms with van der Waals surface area (Å²) in [5.74, 6) is -3.39. The van der Waals surface area contributed by atoms with Gasteiger partial charge in [0.05, 0.1) is 12.0 Å². The van der Waals surface area contributed by atoms with Crippen molar-refractivity contribution in [2.45, 2.75) is 18.9 Å². The largest absolute Gasteiger partial charge is 0.481 e. The lowest BCUT2D eigenvalue weighted by molar-refractivity contribution is -0.143. The van der Waals surface area contributed by atoms with Crippen LogP contribution in [0.15, 0.2) is 18.2 Å². The molecule has 0 aromatic heterocycles. The molecule has 1 saturated heterocycles. The van der Waals surface area contributed by atoms with Crippen LogP contribution in [-0.4, -0.2) is 29.1 Å². The van der Waals surface area contributed by atoms with Gasteiger partial charge in [0.25, 0.3) is 0 Å². The molecule has 2 atom stereocenters. The highest BCUT2D eigenvalue weighted by Crippen LogP contribution is 2.27. The zero-order chi connectivity index (χ0) is 14.7. The molecular weight excluding hydrogens is 266 g/mol. The van der Waals surface area contributed by atoms with Crippen LogP contribution >= 0.6 is 0 Å². The van der Waals surface area contributed by atoms with Crippen LogP contribution in [0.1, 0.15) is 24.4 Å². The maximum atomic E-state index is 13.3. The van der Waals surface area contributed by atoms with E-state index < -0.39 is 29.6 Å². The van der Waals surface area contributed by atoms with Crippen molar-refractivity contribution in [1.29, 1.82) is 5.26 Å². The van der Waals surface area contributed by atoms with Crippen molar-refractivity contribution in [1.82, 2.24) is 4.90 Å². The number of carbonyl (C=O) groups is 1. The molecule has 1 heterocycles. The molecule has 0 aliphatic carbocycles. The molecule has 1 fully saturated rings. The molecule has 0 bridgehead atoms. The van der Waals surface area contributed by atoms with Crippen LogP contribution in [0.5, 0.6) is 0 Å². The first kappa shape index (κ1) is 14.4. The summed E-state index contributed by atoms with van der Waals surface area (Å²) in [4.78, 5) is 12.7. The van der Waals surface area contributed by atoms with Gasteiger partial charge in [-0.05, 0) is 37.1 Å². The van der Waals surface area contributed by atoms with Crippen molar-refractivity contribution in [2.75, 3.05) is 13.1 Å². The van der Waals surface area contributed by atoms with E-state index in [0.29, 0.717) is 24.9 Å². The fourth-order valence-electron chi connectivity index (χ4n) is 2.49. The van der Waals surface area contributed by atoms with E-state index in [1.54, 1.807) is 4.90 Å². The number of carboxylic acids is 1. The average Bonchev–Trinajstić information content (AvgIpc) is 2.44. The number of carboxylic acid groups (broad SMARTS) is 1. The molecule has 2 unspecified atom stereocenters. The number of hydrogen-bond acceptors (Lipinski definition) is 3. The van der Waals surface area contributed by atoms with Gasteiger partial charge in [0.1, 0.15) is 6.04 Å². The first-order valence-electron chi connectivity index (χ1n) is 6.34. The average molecular weight is 280 g/mol. The van der Waals surface area contributed by atoms with Crippen molar-refractivity contribution in [3.63, 3.8) is 0 Å². The molecule has 1 aromatic carbocycles. The third-order valence-electron chi connectivity index (χ3n) is 3.55. The summed E-state index contributed by atoms with van der Waals surface area (Å²) in [5.41, 5.74) is 0.345. The van der Waals surface area contributed by atoms with Gasteiger partial charge in [-0.2, -0.15) is 5.26 Å². The minimum absolute atomic E-state index is 0.243. The molecule has 4 nitrogen and oxygen atoms in total. The van der Waals surface area contributed by atoms with E-state index in [1.807, 2.05) is 6.07 Å². The lowest BCUT2D eigenvalue weighted by Crippen LogP contribution is -2.40. The molecule has 1 aliphatic heterocycles. The van der Waals surface area contributed by atoms with Gasteiger partial charge >= 0.3 is 5.97 Å². The fourth-order valence-corrected chi connectivity index (χ4v) is 2.49. The molecule has 1 N–H and O–H groups in total. The third kappa shape index (κ3) is 2.94. The monoisotopic (exact) mass is 280 g/mol. The zero-order valence-corrected chi connectivity index (χ0v) is 10.7. The van der Waals surface area contributed by atoms with Gasteiger partial charge in [0.15, 0.2) is 11.6 Å². The maximum absolute atomic E-state index is 13.3. The Labute approximate surface area is 115 Å². The number of nitrogens with zero attached hydrogens (tertiary/aromatic N) is 2. The summed E-state index contributed by atoms with van der Waals surface area (Å²) in [6.45, 7) is 0.813. The predicted molar refractivity (Wildman–Crippen MR) is 66.6 cm³/mol. The number of likely N-dealkylation sites (tertiary alicyclic amines) is 1. The molecular formula is C14H14F2N2O2. The molecule has 0 radical (unpaired) electrons. The molecule has 6 heteroatoms. The van der Waals surface area contributed by atoms with Gasteiger partial charge in [0.2, 0.25) is 0 Å². The van der Waals surface area contributed by atoms with E-state index in [4.69, 9.17) is 5.11 Å². The lowest BCUT2D eigenvalue weighted by Gasteiger charge is -2.33. The number of nitriles is 1. The van der Waals surface area contributed by atoms with Crippen LogP contribution in [0.25, 0.3) is 0 Å². The summed E-state index contributed by atoms with van der Waals surface area (Å²) in [5, 5.41) is 18.3. The fraction of sp³-hybridized carbons (Fsp3) is 0.429. The van der Waals surface area contributed by atoms with E-state index in [2.05, 4.69) is 0 Å². The highest BCUT2D eigenvalue weighted by atomic mass is 19.2. The number of aliphatic carboxylic acids is 1. The first-order valence-corrected chi connectivity index (χ1v) is 6.34. The molecule has 0 saturated carbocycles. The summed E-state index contributed by atoms with van der Waals surface area (Å²) in [6, 6.07) is 4.61. The maximum Gasteiger partial charge on any atom is 0.307 e. The second kappa shape index (κ2) is 5.97. The minimum atomic E-state index is -1.01. The van der Waals surface area contributed by atoms with Crippen LogP contribution in [0, 0.1) is 28.9 Å². The molecule has 106 valence electrons. The smallest absolute Gasteiger partial charge is 0.307 e. The van der Waals surface area contributed by atoms with Crippen LogP contribution in [0.4, 0.5) is 8.78 Å². The van der Waals surface area contributed by atoms with Gasteiger partial charge < -0.3 is 5.11 Å².